The van der Waals surface area contributed by atoms with Crippen molar-refractivity contribution in [3.8, 4) is 6.07 Å². The molecule has 2 aromatic carbocycles. The monoisotopic (exact) mass is 369 g/mol. The number of nitriles is 1. The van der Waals surface area contributed by atoms with Crippen LogP contribution in [-0.2, 0) is 0 Å². The molecule has 3 nitrogen and oxygen atoms in total. The van der Waals surface area contributed by atoms with E-state index >= 15 is 0 Å². The number of nitrogens with one attached hydrogen (secondary N) is 1. The molecule has 0 spiro atoms. The summed E-state index contributed by atoms with van der Waals surface area (Å²) in [6.45, 7) is 0. The van der Waals surface area contributed by atoms with Crippen molar-refractivity contribution in [2.45, 2.75) is 0 Å². The Hall–Kier alpha value is -1.45. The Morgan fingerprint density at radius 3 is 2.61 bits per heavy atom. The van der Waals surface area contributed by atoms with E-state index in [0.29, 0.717) is 22.0 Å². The third-order valence-corrected chi connectivity index (χ3v) is 3.29. The smallest absolute Gasteiger partial charge is 0.101 e. The van der Waals surface area contributed by atoms with Crippen LogP contribution in [0.15, 0.2) is 36.4 Å². The minimum Gasteiger partial charge on any atom is -0.397 e. The van der Waals surface area contributed by atoms with Gasteiger partial charge in [0.15, 0.2) is 0 Å². The Morgan fingerprint density at radius 2 is 1.94 bits per heavy atom. The van der Waals surface area contributed by atoms with Gasteiger partial charge in [0.1, 0.15) is 6.07 Å². The van der Waals surface area contributed by atoms with Gasteiger partial charge in [0.05, 0.1) is 22.6 Å². The van der Waals surface area contributed by atoms with Crippen molar-refractivity contribution in [3.63, 3.8) is 0 Å². The van der Waals surface area contributed by atoms with Crippen molar-refractivity contribution in [2.24, 2.45) is 0 Å². The zero-order valence-corrected chi connectivity index (χ0v) is 12.2. The molecular weight excluding hydrogens is 361 g/mol. The van der Waals surface area contributed by atoms with Crippen LogP contribution in [-0.4, -0.2) is 0 Å². The molecule has 0 aliphatic carbocycles. The third-order valence-electron chi connectivity index (χ3n) is 2.39. The number of nitrogen functional groups attached to an aromatic ring is 1. The van der Waals surface area contributed by atoms with Gasteiger partial charge in [0, 0.05) is 8.59 Å². The third kappa shape index (κ3) is 2.86. The van der Waals surface area contributed by atoms with Gasteiger partial charge in [-0.15, -0.1) is 0 Å². The summed E-state index contributed by atoms with van der Waals surface area (Å²) < 4.78 is 1.06. The summed E-state index contributed by atoms with van der Waals surface area (Å²) in [5, 5.41) is 12.7. The Balaban J connectivity index is 2.40. The molecule has 0 fully saturated rings. The van der Waals surface area contributed by atoms with Gasteiger partial charge < -0.3 is 11.1 Å². The van der Waals surface area contributed by atoms with Gasteiger partial charge in [-0.1, -0.05) is 11.6 Å². The fourth-order valence-corrected chi connectivity index (χ4v) is 2.20. The predicted octanol–water partition coefficient (Wildman–Crippen LogP) is 4.14. The zero-order chi connectivity index (χ0) is 13.1. The first-order chi connectivity index (χ1) is 8.60. The normalized spacial score (nSPS) is 9.83. The first kappa shape index (κ1) is 13.0. The van der Waals surface area contributed by atoms with E-state index < -0.39 is 0 Å². The summed E-state index contributed by atoms with van der Waals surface area (Å²) >= 11 is 8.11. The number of anilines is 3. The average molecular weight is 370 g/mol. The summed E-state index contributed by atoms with van der Waals surface area (Å²) in [6.07, 6.45) is 0. The number of hydrogen-bond donors (Lipinski definition) is 2. The Kier molecular flexibility index (Phi) is 3.94. The zero-order valence-electron chi connectivity index (χ0n) is 9.24. The van der Waals surface area contributed by atoms with Crippen LogP contribution in [0, 0.1) is 14.9 Å². The van der Waals surface area contributed by atoms with Crippen LogP contribution in [0.5, 0.6) is 0 Å². The molecule has 0 aromatic heterocycles. The molecule has 0 unspecified atom stereocenters. The Bertz CT molecular complexity index is 635. The van der Waals surface area contributed by atoms with Crippen molar-refractivity contribution >= 4 is 51.3 Å². The molecule has 18 heavy (non-hydrogen) atoms. The molecule has 0 saturated heterocycles. The Labute approximate surface area is 124 Å². The molecule has 2 rings (SSSR count). The van der Waals surface area contributed by atoms with Gasteiger partial charge in [0.2, 0.25) is 0 Å². The SMILES string of the molecule is N#Cc1ccc(Cl)cc1Nc1ccc(I)cc1N. The van der Waals surface area contributed by atoms with Gasteiger partial charge in [-0.3, -0.25) is 0 Å². The largest absolute Gasteiger partial charge is 0.397 e. The van der Waals surface area contributed by atoms with Crippen molar-refractivity contribution in [3.05, 3.63) is 50.6 Å². The molecule has 90 valence electrons. The van der Waals surface area contributed by atoms with E-state index in [4.69, 9.17) is 22.6 Å². The van der Waals surface area contributed by atoms with Crippen LogP contribution in [0.1, 0.15) is 5.56 Å². The van der Waals surface area contributed by atoms with E-state index in [1.54, 1.807) is 18.2 Å². The molecule has 0 aliphatic heterocycles. The van der Waals surface area contributed by atoms with Crippen molar-refractivity contribution in [2.75, 3.05) is 11.1 Å². The van der Waals surface area contributed by atoms with E-state index in [-0.39, 0.29) is 0 Å². The highest BCUT2D eigenvalue weighted by Gasteiger charge is 2.05. The average Bonchev–Trinajstić information content (AvgIpc) is 2.33. The second kappa shape index (κ2) is 5.46. The van der Waals surface area contributed by atoms with Gasteiger partial charge >= 0.3 is 0 Å². The van der Waals surface area contributed by atoms with E-state index in [1.165, 1.54) is 0 Å². The fourth-order valence-electron chi connectivity index (χ4n) is 1.51. The first-order valence-electron chi connectivity index (χ1n) is 5.12. The molecule has 0 atom stereocenters. The van der Waals surface area contributed by atoms with Crippen LogP contribution in [0.4, 0.5) is 17.1 Å². The van der Waals surface area contributed by atoms with Crippen molar-refractivity contribution < 1.29 is 0 Å². The van der Waals surface area contributed by atoms with Crippen molar-refractivity contribution in [1.82, 2.24) is 0 Å². The van der Waals surface area contributed by atoms with E-state index in [1.807, 2.05) is 18.2 Å². The van der Waals surface area contributed by atoms with E-state index in [9.17, 15) is 0 Å². The molecule has 0 aliphatic rings. The predicted molar refractivity (Wildman–Crippen MR) is 83.0 cm³/mol. The van der Waals surface area contributed by atoms with Crippen LogP contribution < -0.4 is 11.1 Å². The number of halogens is 2. The summed E-state index contributed by atoms with van der Waals surface area (Å²) in [6, 6.07) is 12.8. The van der Waals surface area contributed by atoms with Gasteiger partial charge in [-0.25, -0.2) is 0 Å². The lowest BCUT2D eigenvalue weighted by Crippen LogP contribution is -1.98. The topological polar surface area (TPSA) is 61.8 Å². The lowest BCUT2D eigenvalue weighted by molar-refractivity contribution is 1.46. The fraction of sp³-hybridized carbons (Fsp3) is 0. The van der Waals surface area contributed by atoms with Crippen LogP contribution in [0.2, 0.25) is 5.02 Å². The highest BCUT2D eigenvalue weighted by molar-refractivity contribution is 14.1. The van der Waals surface area contributed by atoms with Crippen LogP contribution in [0.25, 0.3) is 0 Å². The molecule has 5 heteroatoms. The summed E-state index contributed by atoms with van der Waals surface area (Å²) in [5.41, 5.74) is 8.48. The number of hydrogen-bond acceptors (Lipinski definition) is 3. The summed E-state index contributed by atoms with van der Waals surface area (Å²) in [7, 11) is 0. The number of benzene rings is 2. The van der Waals surface area contributed by atoms with Crippen LogP contribution >= 0.6 is 34.2 Å². The summed E-state index contributed by atoms with van der Waals surface area (Å²) in [5.74, 6) is 0. The van der Waals surface area contributed by atoms with Gasteiger partial charge in [0.25, 0.3) is 0 Å². The highest BCUT2D eigenvalue weighted by Crippen LogP contribution is 2.28. The molecule has 0 saturated carbocycles. The quantitative estimate of drug-likeness (QED) is 0.618. The van der Waals surface area contributed by atoms with Crippen molar-refractivity contribution in [1.29, 1.82) is 5.26 Å². The number of nitrogens with two attached hydrogens (primary N) is 1. The minimum absolute atomic E-state index is 0.525. The molecule has 0 heterocycles. The molecule has 0 amide bonds. The maximum absolute atomic E-state index is 9.04. The van der Waals surface area contributed by atoms with Crippen LogP contribution in [0.3, 0.4) is 0 Å². The van der Waals surface area contributed by atoms with Gasteiger partial charge in [-0.2, -0.15) is 5.26 Å². The highest BCUT2D eigenvalue weighted by atomic mass is 127. The lowest BCUT2D eigenvalue weighted by Gasteiger charge is -2.11. The first-order valence-corrected chi connectivity index (χ1v) is 6.57. The standard InChI is InChI=1S/C13H9ClIN3/c14-9-2-1-8(7-16)13(5-9)18-12-4-3-10(15)6-11(12)17/h1-6,18H,17H2. The lowest BCUT2D eigenvalue weighted by atomic mass is 10.2. The molecule has 0 bridgehead atoms. The molecule has 2 aromatic rings. The summed E-state index contributed by atoms with van der Waals surface area (Å²) in [4.78, 5) is 0. The molecule has 0 radical (unpaired) electrons. The maximum atomic E-state index is 9.04. The maximum Gasteiger partial charge on any atom is 0.101 e. The number of rotatable bonds is 2. The minimum atomic E-state index is 0.525. The van der Waals surface area contributed by atoms with E-state index in [2.05, 4.69) is 34.0 Å². The van der Waals surface area contributed by atoms with E-state index in [0.717, 1.165) is 9.26 Å². The molecular formula is C13H9ClIN3. The second-order valence-corrected chi connectivity index (χ2v) is 5.34. The Morgan fingerprint density at radius 1 is 1.17 bits per heavy atom. The second-order valence-electron chi connectivity index (χ2n) is 3.66. The van der Waals surface area contributed by atoms with Gasteiger partial charge in [-0.05, 0) is 59.0 Å². The molecule has 3 N–H and O–H groups in total. The number of nitrogens with zero attached hydrogens (tertiary/aromatic N) is 1.